The normalized spacial score (nSPS) is 21.2. The van der Waals surface area contributed by atoms with Gasteiger partial charge in [-0.2, -0.15) is 5.10 Å². The Hall–Kier alpha value is -4.17. The summed E-state index contributed by atoms with van der Waals surface area (Å²) in [6.45, 7) is 0.384. The molecule has 1 aliphatic heterocycles. The maximum atomic E-state index is 13.0. The van der Waals surface area contributed by atoms with E-state index in [0.717, 1.165) is 47.6 Å². The summed E-state index contributed by atoms with van der Waals surface area (Å²) in [5.41, 5.74) is 2.68. The second kappa shape index (κ2) is 10.1. The highest BCUT2D eigenvalue weighted by atomic mass is 16.2. The number of hydrogen-bond acceptors (Lipinski definition) is 4. The number of hydrogen-bond donors (Lipinski definition) is 4. The number of carbonyl (C=O) groups is 2. The van der Waals surface area contributed by atoms with Gasteiger partial charge in [-0.15, -0.1) is 0 Å². The summed E-state index contributed by atoms with van der Waals surface area (Å²) in [6, 6.07) is 25.6. The van der Waals surface area contributed by atoms with Gasteiger partial charge in [0.05, 0.1) is 11.6 Å². The Morgan fingerprint density at radius 3 is 2.65 bits per heavy atom. The maximum Gasteiger partial charge on any atom is 0.320 e. The van der Waals surface area contributed by atoms with Crippen molar-refractivity contribution in [3.63, 3.8) is 0 Å². The molecule has 0 radical (unpaired) electrons. The SMILES string of the molecule is O=C(NCc1cccc2ccccc12)Nc1cc(-c2ccccc2)nn1C1NC(=O)C2CCCCC2N1. The van der Waals surface area contributed by atoms with Crippen molar-refractivity contribution in [2.75, 3.05) is 5.32 Å². The molecule has 3 amide bonds. The van der Waals surface area contributed by atoms with Crippen molar-refractivity contribution in [3.05, 3.63) is 84.4 Å². The van der Waals surface area contributed by atoms with Crippen molar-refractivity contribution in [2.45, 2.75) is 44.6 Å². The minimum Gasteiger partial charge on any atom is -0.334 e. The highest BCUT2D eigenvalue weighted by molar-refractivity contribution is 5.90. The third-order valence-corrected chi connectivity index (χ3v) is 7.36. The topological polar surface area (TPSA) is 100 Å². The smallest absolute Gasteiger partial charge is 0.320 e. The number of nitrogens with zero attached hydrogens (tertiary/aromatic N) is 2. The van der Waals surface area contributed by atoms with E-state index in [1.165, 1.54) is 0 Å². The molecular formula is C29H30N6O2. The molecule has 8 heteroatoms. The van der Waals surface area contributed by atoms with Gasteiger partial charge in [-0.3, -0.25) is 15.4 Å². The molecule has 3 unspecified atom stereocenters. The number of anilines is 1. The summed E-state index contributed by atoms with van der Waals surface area (Å²) in [5.74, 6) is 0.521. The van der Waals surface area contributed by atoms with Gasteiger partial charge < -0.3 is 10.6 Å². The standard InChI is InChI=1S/C29H30N6O2/c36-27-23-15-6-7-16-24(23)31-28(33-27)35-26(17-25(34-35)20-10-2-1-3-11-20)32-29(37)30-18-21-13-8-12-19-9-4-5-14-22(19)21/h1-5,8-14,17,23-24,28,31H,6-7,15-16,18H2,(H,33,36)(H2,30,32,37). The lowest BCUT2D eigenvalue weighted by atomic mass is 9.83. The second-order valence-electron chi connectivity index (χ2n) is 9.75. The summed E-state index contributed by atoms with van der Waals surface area (Å²) in [4.78, 5) is 25.9. The highest BCUT2D eigenvalue weighted by Gasteiger charge is 2.38. The fourth-order valence-electron chi connectivity index (χ4n) is 5.48. The van der Waals surface area contributed by atoms with Crippen LogP contribution in [0.25, 0.3) is 22.0 Å². The first kappa shape index (κ1) is 23.2. The first-order valence-electron chi connectivity index (χ1n) is 12.9. The predicted molar refractivity (Wildman–Crippen MR) is 144 cm³/mol. The number of nitrogens with one attached hydrogen (secondary N) is 4. The van der Waals surface area contributed by atoms with E-state index in [1.807, 2.05) is 60.7 Å². The lowest BCUT2D eigenvalue weighted by molar-refractivity contribution is -0.132. The minimum absolute atomic E-state index is 0.0189. The van der Waals surface area contributed by atoms with Gasteiger partial charge in [0.15, 0.2) is 6.29 Å². The Labute approximate surface area is 215 Å². The van der Waals surface area contributed by atoms with Gasteiger partial charge in [-0.05, 0) is 29.2 Å². The van der Waals surface area contributed by atoms with E-state index in [-0.39, 0.29) is 23.9 Å². The van der Waals surface area contributed by atoms with Crippen LogP contribution >= 0.6 is 0 Å². The third kappa shape index (κ3) is 4.80. The molecule has 1 saturated heterocycles. The fourth-order valence-corrected chi connectivity index (χ4v) is 5.48. The van der Waals surface area contributed by atoms with Crippen LogP contribution in [0.4, 0.5) is 10.6 Å². The number of aromatic nitrogens is 2. The van der Waals surface area contributed by atoms with E-state index >= 15 is 0 Å². The Balaban J connectivity index is 1.24. The molecule has 3 atom stereocenters. The largest absolute Gasteiger partial charge is 0.334 e. The number of benzene rings is 3. The van der Waals surface area contributed by atoms with Crippen LogP contribution in [0.2, 0.25) is 0 Å². The van der Waals surface area contributed by atoms with E-state index in [0.29, 0.717) is 18.1 Å². The molecule has 3 aromatic carbocycles. The van der Waals surface area contributed by atoms with Gasteiger partial charge in [-0.1, -0.05) is 85.6 Å². The third-order valence-electron chi connectivity index (χ3n) is 7.36. The van der Waals surface area contributed by atoms with E-state index in [4.69, 9.17) is 5.10 Å². The van der Waals surface area contributed by atoms with Crippen LogP contribution in [0.3, 0.4) is 0 Å². The monoisotopic (exact) mass is 494 g/mol. The van der Waals surface area contributed by atoms with Crippen molar-refractivity contribution >= 4 is 28.5 Å². The van der Waals surface area contributed by atoms with Gasteiger partial charge in [0.1, 0.15) is 5.82 Å². The molecule has 8 nitrogen and oxygen atoms in total. The predicted octanol–water partition coefficient (Wildman–Crippen LogP) is 4.76. The molecule has 4 aromatic rings. The molecule has 2 heterocycles. The first-order chi connectivity index (χ1) is 18.2. The van der Waals surface area contributed by atoms with Gasteiger partial charge in [0.25, 0.3) is 0 Å². The van der Waals surface area contributed by atoms with Gasteiger partial charge >= 0.3 is 6.03 Å². The maximum absolute atomic E-state index is 13.0. The van der Waals surface area contributed by atoms with Crippen LogP contribution in [-0.4, -0.2) is 27.8 Å². The molecule has 0 bridgehead atoms. The zero-order valence-electron chi connectivity index (χ0n) is 20.5. The van der Waals surface area contributed by atoms with Crippen LogP contribution < -0.4 is 21.3 Å². The first-order valence-corrected chi connectivity index (χ1v) is 12.9. The van der Waals surface area contributed by atoms with Crippen molar-refractivity contribution in [3.8, 4) is 11.3 Å². The molecule has 1 aromatic heterocycles. The molecule has 188 valence electrons. The summed E-state index contributed by atoms with van der Waals surface area (Å²) in [7, 11) is 0. The number of rotatable bonds is 5. The lowest BCUT2D eigenvalue weighted by Crippen LogP contribution is -2.59. The number of fused-ring (bicyclic) bond motifs is 2. The van der Waals surface area contributed by atoms with Crippen LogP contribution in [0.15, 0.2) is 78.9 Å². The quantitative estimate of drug-likeness (QED) is 0.321. The van der Waals surface area contributed by atoms with Gasteiger partial charge in [0.2, 0.25) is 5.91 Å². The summed E-state index contributed by atoms with van der Waals surface area (Å²) in [5, 5.41) is 19.6. The molecule has 0 spiro atoms. The van der Waals surface area contributed by atoms with E-state index in [9.17, 15) is 9.59 Å². The summed E-state index contributed by atoms with van der Waals surface area (Å²) >= 11 is 0. The Morgan fingerprint density at radius 2 is 1.76 bits per heavy atom. The zero-order valence-corrected chi connectivity index (χ0v) is 20.5. The Kier molecular flexibility index (Phi) is 6.32. The van der Waals surface area contributed by atoms with Crippen LogP contribution in [-0.2, 0) is 11.3 Å². The molecular weight excluding hydrogens is 464 g/mol. The average molecular weight is 495 g/mol. The second-order valence-corrected chi connectivity index (χ2v) is 9.75. The highest BCUT2D eigenvalue weighted by Crippen LogP contribution is 2.31. The van der Waals surface area contributed by atoms with E-state index in [1.54, 1.807) is 4.68 Å². The van der Waals surface area contributed by atoms with Gasteiger partial charge in [0, 0.05) is 24.2 Å². The van der Waals surface area contributed by atoms with Gasteiger partial charge in [-0.25, -0.2) is 9.48 Å². The number of amides is 3. The molecule has 2 fully saturated rings. The van der Waals surface area contributed by atoms with Crippen molar-refractivity contribution in [1.82, 2.24) is 25.7 Å². The van der Waals surface area contributed by atoms with Crippen molar-refractivity contribution in [1.29, 1.82) is 0 Å². The summed E-state index contributed by atoms with van der Waals surface area (Å²) < 4.78 is 1.67. The molecule has 1 saturated carbocycles. The Bertz CT molecular complexity index is 1430. The molecule has 2 aliphatic rings. The number of carbonyl (C=O) groups excluding carboxylic acids is 2. The lowest BCUT2D eigenvalue weighted by Gasteiger charge is -2.40. The average Bonchev–Trinajstić information content (AvgIpc) is 3.36. The van der Waals surface area contributed by atoms with Crippen molar-refractivity contribution < 1.29 is 9.59 Å². The summed E-state index contributed by atoms with van der Waals surface area (Å²) in [6.07, 6.45) is 3.48. The number of urea groups is 1. The fraction of sp³-hybridized carbons (Fsp3) is 0.276. The van der Waals surface area contributed by atoms with E-state index < -0.39 is 6.29 Å². The molecule has 37 heavy (non-hydrogen) atoms. The zero-order chi connectivity index (χ0) is 25.2. The Morgan fingerprint density at radius 1 is 0.973 bits per heavy atom. The van der Waals surface area contributed by atoms with Crippen LogP contribution in [0.5, 0.6) is 0 Å². The van der Waals surface area contributed by atoms with Crippen LogP contribution in [0, 0.1) is 5.92 Å². The van der Waals surface area contributed by atoms with E-state index in [2.05, 4.69) is 39.5 Å². The minimum atomic E-state index is -0.544. The molecule has 6 rings (SSSR count). The molecule has 1 aliphatic carbocycles. The van der Waals surface area contributed by atoms with Crippen molar-refractivity contribution in [2.24, 2.45) is 5.92 Å². The van der Waals surface area contributed by atoms with Crippen LogP contribution in [0.1, 0.15) is 37.5 Å². The molecule has 4 N–H and O–H groups in total.